The van der Waals surface area contributed by atoms with Crippen molar-refractivity contribution in [1.82, 2.24) is 0 Å². The van der Waals surface area contributed by atoms with Gasteiger partial charge in [0.15, 0.2) is 6.29 Å². The summed E-state index contributed by atoms with van der Waals surface area (Å²) in [5.74, 6) is -1.52. The largest absolute Gasteiger partial charge is 0.480 e. The maximum atomic E-state index is 11.5. The monoisotopic (exact) mass is 281 g/mol. The third kappa shape index (κ3) is 4.30. The summed E-state index contributed by atoms with van der Waals surface area (Å²) in [5.41, 5.74) is 1.47. The number of rotatable bonds is 6. The first-order valence-corrected chi connectivity index (χ1v) is 6.08. The van der Waals surface area contributed by atoms with E-state index in [4.69, 9.17) is 14.6 Å². The van der Waals surface area contributed by atoms with Gasteiger partial charge in [0.2, 0.25) is 5.91 Å². The lowest BCUT2D eigenvalue weighted by atomic mass is 10.2. The highest BCUT2D eigenvalue weighted by molar-refractivity contribution is 5.91. The van der Waals surface area contributed by atoms with Gasteiger partial charge in [-0.2, -0.15) is 0 Å². The van der Waals surface area contributed by atoms with Crippen molar-refractivity contribution in [2.45, 2.75) is 6.29 Å². The molecule has 1 aliphatic heterocycles. The number of benzene rings is 1. The summed E-state index contributed by atoms with van der Waals surface area (Å²) in [6, 6.07) is 7.03. The van der Waals surface area contributed by atoms with Crippen molar-refractivity contribution in [1.29, 1.82) is 0 Å². The van der Waals surface area contributed by atoms with Crippen LogP contribution in [0.15, 0.2) is 24.3 Å². The van der Waals surface area contributed by atoms with Gasteiger partial charge in [-0.1, -0.05) is 12.1 Å². The molecule has 0 unspecified atom stereocenters. The van der Waals surface area contributed by atoms with Gasteiger partial charge in [-0.25, -0.2) is 4.79 Å². The topological polar surface area (TPSA) is 94.1 Å². The Bertz CT molecular complexity index is 466. The standard InChI is InChI=1S/C13H15NO6/c15-11(7-18-8-12(16)17)14-10-3-1-9(2-4-10)13-19-5-6-20-13/h1-4,13H,5-8H2,(H,14,15)(H,16,17). The number of hydrogen-bond acceptors (Lipinski definition) is 5. The average molecular weight is 281 g/mol. The minimum Gasteiger partial charge on any atom is -0.480 e. The minimum atomic E-state index is -1.11. The quantitative estimate of drug-likeness (QED) is 0.800. The number of amides is 1. The Morgan fingerprint density at radius 3 is 2.45 bits per heavy atom. The fourth-order valence-corrected chi connectivity index (χ4v) is 1.70. The van der Waals surface area contributed by atoms with Crippen molar-refractivity contribution >= 4 is 17.6 Å². The summed E-state index contributed by atoms with van der Waals surface area (Å²) in [4.78, 5) is 21.7. The summed E-state index contributed by atoms with van der Waals surface area (Å²) < 4.78 is 15.4. The van der Waals surface area contributed by atoms with Gasteiger partial charge in [0, 0.05) is 11.3 Å². The van der Waals surface area contributed by atoms with Crippen molar-refractivity contribution < 1.29 is 28.9 Å². The number of hydrogen-bond donors (Lipinski definition) is 2. The first-order chi connectivity index (χ1) is 9.65. The summed E-state index contributed by atoms with van der Waals surface area (Å²) >= 11 is 0. The third-order valence-electron chi connectivity index (χ3n) is 2.55. The molecule has 1 aliphatic rings. The number of aliphatic carboxylic acids is 1. The molecule has 1 saturated heterocycles. The van der Waals surface area contributed by atoms with Crippen LogP contribution in [0, 0.1) is 0 Å². The lowest BCUT2D eigenvalue weighted by Gasteiger charge is -2.10. The summed E-state index contributed by atoms with van der Waals surface area (Å²) in [5, 5.41) is 11.0. The van der Waals surface area contributed by atoms with Gasteiger partial charge in [0.1, 0.15) is 13.2 Å². The fourth-order valence-electron chi connectivity index (χ4n) is 1.70. The molecule has 7 nitrogen and oxygen atoms in total. The molecule has 1 heterocycles. The number of carboxylic acids is 1. The van der Waals surface area contributed by atoms with Gasteiger partial charge >= 0.3 is 5.97 Å². The SMILES string of the molecule is O=C(O)COCC(=O)Nc1ccc(C2OCCO2)cc1. The Balaban J connectivity index is 1.80. The Hall–Kier alpha value is -1.96. The number of carbonyl (C=O) groups excluding carboxylic acids is 1. The highest BCUT2D eigenvalue weighted by atomic mass is 16.7. The molecular weight excluding hydrogens is 266 g/mol. The highest BCUT2D eigenvalue weighted by Crippen LogP contribution is 2.24. The molecule has 1 aromatic carbocycles. The lowest BCUT2D eigenvalue weighted by molar-refractivity contribution is -0.143. The van der Waals surface area contributed by atoms with Crippen molar-refractivity contribution in [3.8, 4) is 0 Å². The lowest BCUT2D eigenvalue weighted by Crippen LogP contribution is -2.20. The molecule has 1 amide bonds. The highest BCUT2D eigenvalue weighted by Gasteiger charge is 2.17. The maximum Gasteiger partial charge on any atom is 0.329 e. The van der Waals surface area contributed by atoms with Crippen LogP contribution in [0.3, 0.4) is 0 Å². The Morgan fingerprint density at radius 2 is 1.85 bits per heavy atom. The van der Waals surface area contributed by atoms with E-state index in [1.165, 1.54) is 0 Å². The molecule has 2 rings (SSSR count). The predicted octanol–water partition coefficient (Wildman–Crippen LogP) is 0.772. The van der Waals surface area contributed by atoms with Crippen molar-refractivity contribution in [3.63, 3.8) is 0 Å². The van der Waals surface area contributed by atoms with E-state index in [-0.39, 0.29) is 12.9 Å². The van der Waals surface area contributed by atoms with Crippen molar-refractivity contribution in [2.75, 3.05) is 31.7 Å². The van der Waals surface area contributed by atoms with E-state index in [0.717, 1.165) is 5.56 Å². The second-order valence-electron chi connectivity index (χ2n) is 4.13. The fraction of sp³-hybridized carbons (Fsp3) is 0.385. The number of anilines is 1. The number of carboxylic acid groups (broad SMARTS) is 1. The van der Waals surface area contributed by atoms with Crippen LogP contribution in [0.2, 0.25) is 0 Å². The van der Waals surface area contributed by atoms with Crippen LogP contribution in [0.5, 0.6) is 0 Å². The van der Waals surface area contributed by atoms with E-state index < -0.39 is 18.5 Å². The van der Waals surface area contributed by atoms with E-state index in [2.05, 4.69) is 10.1 Å². The zero-order valence-corrected chi connectivity index (χ0v) is 10.7. The van der Waals surface area contributed by atoms with Crippen molar-refractivity contribution in [3.05, 3.63) is 29.8 Å². The van der Waals surface area contributed by atoms with Gasteiger partial charge in [0.05, 0.1) is 13.2 Å². The molecular formula is C13H15NO6. The maximum absolute atomic E-state index is 11.5. The van der Waals surface area contributed by atoms with E-state index >= 15 is 0 Å². The van der Waals surface area contributed by atoms with Crippen LogP contribution in [-0.2, 0) is 23.8 Å². The molecule has 0 atom stereocenters. The number of carbonyl (C=O) groups is 2. The van der Waals surface area contributed by atoms with Crippen LogP contribution in [0.4, 0.5) is 5.69 Å². The van der Waals surface area contributed by atoms with Gasteiger partial charge in [-0.05, 0) is 12.1 Å². The van der Waals surface area contributed by atoms with Crippen LogP contribution < -0.4 is 5.32 Å². The Labute approximate surface area is 115 Å². The van der Waals surface area contributed by atoms with Gasteiger partial charge in [-0.15, -0.1) is 0 Å². The summed E-state index contributed by atoms with van der Waals surface area (Å²) in [6.07, 6.45) is -0.348. The molecule has 0 radical (unpaired) electrons. The number of nitrogens with one attached hydrogen (secondary N) is 1. The first kappa shape index (κ1) is 14.4. The normalized spacial score (nSPS) is 15.2. The zero-order valence-electron chi connectivity index (χ0n) is 10.7. The first-order valence-electron chi connectivity index (χ1n) is 6.08. The van der Waals surface area contributed by atoms with Crippen LogP contribution in [0.1, 0.15) is 11.9 Å². The van der Waals surface area contributed by atoms with Gasteiger partial charge < -0.3 is 24.6 Å². The zero-order chi connectivity index (χ0) is 14.4. The van der Waals surface area contributed by atoms with E-state index in [1.807, 2.05) is 0 Å². The predicted molar refractivity (Wildman–Crippen MR) is 68.2 cm³/mol. The molecule has 108 valence electrons. The summed E-state index contributed by atoms with van der Waals surface area (Å²) in [6.45, 7) is 0.347. The molecule has 0 saturated carbocycles. The van der Waals surface area contributed by atoms with Crippen LogP contribution >= 0.6 is 0 Å². The second-order valence-corrected chi connectivity index (χ2v) is 4.13. The third-order valence-corrected chi connectivity index (χ3v) is 2.55. The number of ether oxygens (including phenoxy) is 3. The Morgan fingerprint density at radius 1 is 1.20 bits per heavy atom. The molecule has 0 aromatic heterocycles. The van der Waals surface area contributed by atoms with E-state index in [1.54, 1.807) is 24.3 Å². The molecule has 0 bridgehead atoms. The molecule has 1 fully saturated rings. The van der Waals surface area contributed by atoms with Crippen LogP contribution in [0.25, 0.3) is 0 Å². The second kappa shape index (κ2) is 6.99. The molecule has 20 heavy (non-hydrogen) atoms. The molecule has 0 spiro atoms. The smallest absolute Gasteiger partial charge is 0.329 e. The summed E-state index contributed by atoms with van der Waals surface area (Å²) in [7, 11) is 0. The van der Waals surface area contributed by atoms with Gasteiger partial charge in [0.25, 0.3) is 0 Å². The van der Waals surface area contributed by atoms with Crippen LogP contribution in [-0.4, -0.2) is 43.4 Å². The van der Waals surface area contributed by atoms with Crippen molar-refractivity contribution in [2.24, 2.45) is 0 Å². The molecule has 0 aliphatic carbocycles. The Kier molecular flexibility index (Phi) is 5.05. The average Bonchev–Trinajstić information content (AvgIpc) is 2.93. The van der Waals surface area contributed by atoms with Gasteiger partial charge in [-0.3, -0.25) is 4.79 Å². The minimum absolute atomic E-state index is 0.303. The van der Waals surface area contributed by atoms with E-state index in [0.29, 0.717) is 18.9 Å². The molecule has 7 heteroatoms. The molecule has 2 N–H and O–H groups in total. The molecule has 1 aromatic rings. The van der Waals surface area contributed by atoms with E-state index in [9.17, 15) is 9.59 Å².